The fraction of sp³-hybridized carbons (Fsp3) is 0.529. The molecular formula is C17H24N6O. The predicted molar refractivity (Wildman–Crippen MR) is 91.3 cm³/mol. The summed E-state index contributed by atoms with van der Waals surface area (Å²) in [6, 6.07) is 2.16. The molecule has 0 aromatic carbocycles. The van der Waals surface area contributed by atoms with Crippen molar-refractivity contribution in [3.05, 3.63) is 37.2 Å². The molecule has 2 aromatic heterocycles. The van der Waals surface area contributed by atoms with E-state index in [1.54, 1.807) is 31.0 Å². The maximum atomic E-state index is 12.2. The topological polar surface area (TPSA) is 84.7 Å². The summed E-state index contributed by atoms with van der Waals surface area (Å²) >= 11 is 0. The minimum Gasteiger partial charge on any atom is -0.356 e. The van der Waals surface area contributed by atoms with E-state index >= 15 is 0 Å². The zero-order valence-corrected chi connectivity index (χ0v) is 13.8. The second-order valence-electron chi connectivity index (χ2n) is 6.21. The van der Waals surface area contributed by atoms with Crippen LogP contribution >= 0.6 is 0 Å². The number of hydrogen-bond donors (Lipinski definition) is 2. The summed E-state index contributed by atoms with van der Waals surface area (Å²) in [5, 5.41) is 6.41. The van der Waals surface area contributed by atoms with E-state index in [4.69, 9.17) is 0 Å². The standard InChI is InChI=1S/C17H24N6O/c24-16(19-9-2-11-23-12-10-18-13-23)14-3-5-15(6-4-14)22-17-20-7-1-8-21-17/h1,7-8,10,12-15H,2-6,9,11H2,(H,19,24)(H,20,21,22). The first-order valence-electron chi connectivity index (χ1n) is 8.58. The van der Waals surface area contributed by atoms with Crippen LogP contribution in [0.4, 0.5) is 5.95 Å². The highest BCUT2D eigenvalue weighted by Gasteiger charge is 2.26. The van der Waals surface area contributed by atoms with Gasteiger partial charge < -0.3 is 15.2 Å². The van der Waals surface area contributed by atoms with E-state index in [0.29, 0.717) is 18.5 Å². The molecule has 7 heteroatoms. The predicted octanol–water partition coefficient (Wildman–Crippen LogP) is 1.85. The fourth-order valence-electron chi connectivity index (χ4n) is 3.09. The van der Waals surface area contributed by atoms with Crippen molar-refractivity contribution in [3.63, 3.8) is 0 Å². The SMILES string of the molecule is O=C(NCCCn1ccnc1)C1CCC(Nc2ncccn2)CC1. The van der Waals surface area contributed by atoms with Crippen molar-refractivity contribution in [2.45, 2.75) is 44.7 Å². The second-order valence-corrected chi connectivity index (χ2v) is 6.21. The monoisotopic (exact) mass is 328 g/mol. The molecule has 7 nitrogen and oxygen atoms in total. The Kier molecular flexibility index (Phi) is 5.76. The Bertz CT molecular complexity index is 607. The third kappa shape index (κ3) is 4.78. The van der Waals surface area contributed by atoms with Gasteiger partial charge in [-0.3, -0.25) is 4.79 Å². The van der Waals surface area contributed by atoms with Gasteiger partial charge in [-0.1, -0.05) is 0 Å². The Morgan fingerprint density at radius 3 is 2.67 bits per heavy atom. The molecule has 0 aliphatic heterocycles. The van der Waals surface area contributed by atoms with Gasteiger partial charge in [-0.05, 0) is 38.2 Å². The summed E-state index contributed by atoms with van der Waals surface area (Å²) in [7, 11) is 0. The molecule has 1 saturated carbocycles. The molecule has 0 radical (unpaired) electrons. The molecule has 0 atom stereocenters. The highest BCUT2D eigenvalue weighted by atomic mass is 16.1. The molecule has 2 N–H and O–H groups in total. The number of aryl methyl sites for hydroxylation is 1. The van der Waals surface area contributed by atoms with E-state index in [0.717, 1.165) is 38.6 Å². The van der Waals surface area contributed by atoms with Crippen molar-refractivity contribution >= 4 is 11.9 Å². The van der Waals surface area contributed by atoms with Crippen LogP contribution in [0.25, 0.3) is 0 Å². The number of carbonyl (C=O) groups is 1. The minimum atomic E-state index is 0.132. The first kappa shape index (κ1) is 16.4. The van der Waals surface area contributed by atoms with Crippen LogP contribution in [-0.2, 0) is 11.3 Å². The maximum absolute atomic E-state index is 12.2. The average Bonchev–Trinajstić information content (AvgIpc) is 3.13. The fourth-order valence-corrected chi connectivity index (χ4v) is 3.09. The van der Waals surface area contributed by atoms with Crippen LogP contribution in [0.2, 0.25) is 0 Å². The van der Waals surface area contributed by atoms with Gasteiger partial charge in [-0.15, -0.1) is 0 Å². The lowest BCUT2D eigenvalue weighted by Gasteiger charge is -2.28. The van der Waals surface area contributed by atoms with Gasteiger partial charge in [0.2, 0.25) is 11.9 Å². The lowest BCUT2D eigenvalue weighted by Crippen LogP contribution is -2.36. The van der Waals surface area contributed by atoms with Crippen molar-refractivity contribution in [1.82, 2.24) is 24.8 Å². The highest BCUT2D eigenvalue weighted by Crippen LogP contribution is 2.26. The van der Waals surface area contributed by atoms with E-state index < -0.39 is 0 Å². The summed E-state index contributed by atoms with van der Waals surface area (Å²) < 4.78 is 2.02. The zero-order valence-electron chi connectivity index (χ0n) is 13.8. The Labute approximate surface area is 141 Å². The highest BCUT2D eigenvalue weighted by molar-refractivity contribution is 5.78. The first-order chi connectivity index (χ1) is 11.8. The molecule has 0 unspecified atom stereocenters. The van der Waals surface area contributed by atoms with Gasteiger partial charge in [0.05, 0.1) is 6.33 Å². The van der Waals surface area contributed by atoms with Gasteiger partial charge in [0, 0.05) is 49.8 Å². The largest absolute Gasteiger partial charge is 0.356 e. The molecule has 0 spiro atoms. The van der Waals surface area contributed by atoms with Crippen LogP contribution in [0.15, 0.2) is 37.2 Å². The lowest BCUT2D eigenvalue weighted by atomic mass is 9.85. The average molecular weight is 328 g/mol. The minimum absolute atomic E-state index is 0.132. The Hall–Kier alpha value is -2.44. The van der Waals surface area contributed by atoms with Crippen molar-refractivity contribution < 1.29 is 4.79 Å². The van der Waals surface area contributed by atoms with E-state index in [1.165, 1.54) is 0 Å². The van der Waals surface area contributed by atoms with E-state index in [9.17, 15) is 4.79 Å². The molecule has 3 rings (SSSR count). The van der Waals surface area contributed by atoms with Crippen LogP contribution in [0.1, 0.15) is 32.1 Å². The summed E-state index contributed by atoms with van der Waals surface area (Å²) in [6.07, 6.45) is 13.7. The maximum Gasteiger partial charge on any atom is 0.223 e. The number of anilines is 1. The molecule has 1 aliphatic rings. The van der Waals surface area contributed by atoms with Crippen LogP contribution in [0.5, 0.6) is 0 Å². The van der Waals surface area contributed by atoms with Crippen LogP contribution in [0, 0.1) is 5.92 Å². The molecule has 1 fully saturated rings. The molecule has 1 amide bonds. The number of nitrogens with one attached hydrogen (secondary N) is 2. The van der Waals surface area contributed by atoms with Crippen LogP contribution < -0.4 is 10.6 Å². The van der Waals surface area contributed by atoms with Crippen molar-refractivity contribution in [2.24, 2.45) is 5.92 Å². The third-order valence-electron chi connectivity index (χ3n) is 4.45. The van der Waals surface area contributed by atoms with Gasteiger partial charge in [-0.2, -0.15) is 0 Å². The van der Waals surface area contributed by atoms with Gasteiger partial charge >= 0.3 is 0 Å². The number of imidazole rings is 1. The molecular weight excluding hydrogens is 304 g/mol. The normalized spacial score (nSPS) is 20.5. The molecule has 2 aromatic rings. The Morgan fingerprint density at radius 1 is 1.17 bits per heavy atom. The molecule has 24 heavy (non-hydrogen) atoms. The molecule has 0 saturated heterocycles. The third-order valence-corrected chi connectivity index (χ3v) is 4.45. The quantitative estimate of drug-likeness (QED) is 0.758. The van der Waals surface area contributed by atoms with Gasteiger partial charge in [0.15, 0.2) is 0 Å². The number of hydrogen-bond acceptors (Lipinski definition) is 5. The summed E-state index contributed by atoms with van der Waals surface area (Å²) in [6.45, 7) is 1.60. The van der Waals surface area contributed by atoms with Crippen molar-refractivity contribution in [1.29, 1.82) is 0 Å². The number of aromatic nitrogens is 4. The Balaban J connectivity index is 1.33. The van der Waals surface area contributed by atoms with Gasteiger partial charge in [0.25, 0.3) is 0 Å². The molecule has 128 valence electrons. The van der Waals surface area contributed by atoms with E-state index in [2.05, 4.69) is 25.6 Å². The van der Waals surface area contributed by atoms with E-state index in [-0.39, 0.29) is 11.8 Å². The molecule has 2 heterocycles. The lowest BCUT2D eigenvalue weighted by molar-refractivity contribution is -0.125. The number of amides is 1. The number of rotatable bonds is 7. The van der Waals surface area contributed by atoms with E-state index in [1.807, 2.05) is 10.8 Å². The van der Waals surface area contributed by atoms with Crippen molar-refractivity contribution in [2.75, 3.05) is 11.9 Å². The Morgan fingerprint density at radius 2 is 1.96 bits per heavy atom. The number of nitrogens with zero attached hydrogens (tertiary/aromatic N) is 4. The first-order valence-corrected chi connectivity index (χ1v) is 8.58. The van der Waals surface area contributed by atoms with Crippen LogP contribution in [0.3, 0.4) is 0 Å². The summed E-state index contributed by atoms with van der Waals surface area (Å²) in [5.74, 6) is 0.993. The smallest absolute Gasteiger partial charge is 0.223 e. The second kappa shape index (κ2) is 8.42. The van der Waals surface area contributed by atoms with Gasteiger partial charge in [-0.25, -0.2) is 15.0 Å². The zero-order chi connectivity index (χ0) is 16.6. The summed E-state index contributed by atoms with van der Waals surface area (Å²) in [4.78, 5) is 24.6. The number of carbonyl (C=O) groups excluding carboxylic acids is 1. The van der Waals surface area contributed by atoms with Crippen LogP contribution in [-0.4, -0.2) is 38.0 Å². The van der Waals surface area contributed by atoms with Gasteiger partial charge in [0.1, 0.15) is 0 Å². The molecule has 0 bridgehead atoms. The van der Waals surface area contributed by atoms with Crippen molar-refractivity contribution in [3.8, 4) is 0 Å². The molecule has 1 aliphatic carbocycles. The summed E-state index contributed by atoms with van der Waals surface area (Å²) in [5.41, 5.74) is 0.